The molecule has 2 aliphatic carbocycles. The van der Waals surface area contributed by atoms with E-state index in [2.05, 4.69) is 46.4 Å². The van der Waals surface area contributed by atoms with Crippen molar-refractivity contribution in [3.05, 3.63) is 24.3 Å². The number of hydrogen-bond donors (Lipinski definition) is 0. The van der Waals surface area contributed by atoms with Crippen LogP contribution < -0.4 is 0 Å². The first-order valence-electron chi connectivity index (χ1n) is 8.81. The van der Waals surface area contributed by atoms with Crippen molar-refractivity contribution in [2.45, 2.75) is 72.6 Å². The minimum Gasteiger partial charge on any atom is -0.0988 e. The van der Waals surface area contributed by atoms with Gasteiger partial charge in [-0.05, 0) is 60.3 Å². The van der Waals surface area contributed by atoms with Crippen LogP contribution in [0.25, 0.3) is 0 Å². The summed E-state index contributed by atoms with van der Waals surface area (Å²) in [5.41, 5.74) is 2.10. The van der Waals surface area contributed by atoms with Gasteiger partial charge in [0.05, 0.1) is 0 Å². The second-order valence-corrected chi connectivity index (χ2v) is 7.99. The van der Waals surface area contributed by atoms with Gasteiger partial charge in [-0.15, -0.1) is 0 Å². The van der Waals surface area contributed by atoms with E-state index in [1.807, 2.05) is 0 Å². The fraction of sp³-hybridized carbons (Fsp3) is 0.800. The van der Waals surface area contributed by atoms with E-state index in [4.69, 9.17) is 0 Å². The summed E-state index contributed by atoms with van der Waals surface area (Å²) in [7, 11) is 0. The molecule has 0 radical (unpaired) electrons. The number of rotatable bonds is 6. The molecule has 0 aromatic rings. The maximum absolute atomic E-state index is 4.05. The summed E-state index contributed by atoms with van der Waals surface area (Å²) < 4.78 is 0. The van der Waals surface area contributed by atoms with Gasteiger partial charge in [0.25, 0.3) is 0 Å². The zero-order valence-electron chi connectivity index (χ0n) is 14.1. The molecule has 0 aliphatic heterocycles. The molecule has 0 aromatic heterocycles. The Morgan fingerprint density at radius 1 is 1.30 bits per heavy atom. The molecule has 4 atom stereocenters. The lowest BCUT2D eigenvalue weighted by atomic mass is 9.62. The Morgan fingerprint density at radius 3 is 2.70 bits per heavy atom. The van der Waals surface area contributed by atoms with Gasteiger partial charge in [0.2, 0.25) is 0 Å². The van der Waals surface area contributed by atoms with E-state index in [0.717, 1.165) is 23.7 Å². The van der Waals surface area contributed by atoms with Crippen molar-refractivity contribution < 1.29 is 0 Å². The van der Waals surface area contributed by atoms with E-state index < -0.39 is 0 Å². The van der Waals surface area contributed by atoms with E-state index >= 15 is 0 Å². The normalized spacial score (nSPS) is 34.8. The zero-order valence-corrected chi connectivity index (χ0v) is 14.1. The maximum Gasteiger partial charge on any atom is -0.0108 e. The smallest absolute Gasteiger partial charge is 0.0108 e. The summed E-state index contributed by atoms with van der Waals surface area (Å²) >= 11 is 0. The highest BCUT2D eigenvalue weighted by molar-refractivity contribution is 5.27. The molecule has 0 spiro atoms. The minimum atomic E-state index is 0.551. The Hall–Kier alpha value is -0.520. The van der Waals surface area contributed by atoms with Crippen molar-refractivity contribution in [2.24, 2.45) is 29.1 Å². The molecule has 2 rings (SSSR count). The van der Waals surface area contributed by atoms with Crippen molar-refractivity contribution in [1.82, 2.24) is 0 Å². The standard InChI is InChI=1S/C20H34/c1-6-17-11-8-14-20(5)18(12-13-19(17)20)16(4)10-7-9-15(2)3/h6,11,15-16,18-19H,1,7-10,12-14H2,2-5H3/t16-,18-,19+,20-/m1/s1. The SMILES string of the molecule is C=CC1=CCC[C@]2(C)[C@@H]([C@H](C)CCCC(C)C)CC[C@@H]12. The molecule has 20 heavy (non-hydrogen) atoms. The van der Waals surface area contributed by atoms with Crippen molar-refractivity contribution in [1.29, 1.82) is 0 Å². The molecule has 0 N–H and O–H groups in total. The quantitative estimate of drug-likeness (QED) is 0.526. The van der Waals surface area contributed by atoms with E-state index in [9.17, 15) is 0 Å². The van der Waals surface area contributed by atoms with E-state index in [0.29, 0.717) is 5.41 Å². The molecule has 0 unspecified atom stereocenters. The van der Waals surface area contributed by atoms with Gasteiger partial charge in [-0.25, -0.2) is 0 Å². The Balaban J connectivity index is 2.00. The highest BCUT2D eigenvalue weighted by Crippen LogP contribution is 2.58. The van der Waals surface area contributed by atoms with Crippen LogP contribution in [0.4, 0.5) is 0 Å². The van der Waals surface area contributed by atoms with E-state index in [-0.39, 0.29) is 0 Å². The van der Waals surface area contributed by atoms with Crippen LogP contribution in [0.3, 0.4) is 0 Å². The van der Waals surface area contributed by atoms with Crippen molar-refractivity contribution >= 4 is 0 Å². The van der Waals surface area contributed by atoms with Gasteiger partial charge in [0.15, 0.2) is 0 Å². The van der Waals surface area contributed by atoms with Gasteiger partial charge in [0.1, 0.15) is 0 Å². The van der Waals surface area contributed by atoms with Crippen LogP contribution in [0.1, 0.15) is 72.6 Å². The summed E-state index contributed by atoms with van der Waals surface area (Å²) in [6, 6.07) is 0. The van der Waals surface area contributed by atoms with Crippen LogP contribution in [0, 0.1) is 29.1 Å². The molecular weight excluding hydrogens is 240 g/mol. The van der Waals surface area contributed by atoms with Crippen LogP contribution >= 0.6 is 0 Å². The van der Waals surface area contributed by atoms with Crippen LogP contribution in [-0.2, 0) is 0 Å². The Bertz CT molecular complexity index is 362. The van der Waals surface area contributed by atoms with Crippen LogP contribution in [0.5, 0.6) is 0 Å². The Kier molecular flexibility index (Phi) is 5.15. The third-order valence-corrected chi connectivity index (χ3v) is 6.24. The number of fused-ring (bicyclic) bond motifs is 1. The highest BCUT2D eigenvalue weighted by atomic mass is 14.5. The maximum atomic E-state index is 4.05. The van der Waals surface area contributed by atoms with Crippen molar-refractivity contribution in [3.63, 3.8) is 0 Å². The fourth-order valence-electron chi connectivity index (χ4n) is 5.07. The van der Waals surface area contributed by atoms with Crippen molar-refractivity contribution in [3.8, 4) is 0 Å². The van der Waals surface area contributed by atoms with Gasteiger partial charge >= 0.3 is 0 Å². The summed E-state index contributed by atoms with van der Waals surface area (Å²) in [5, 5.41) is 0. The molecule has 0 heterocycles. The lowest BCUT2D eigenvalue weighted by molar-refractivity contribution is 0.107. The number of hydrogen-bond acceptors (Lipinski definition) is 0. The minimum absolute atomic E-state index is 0.551. The second-order valence-electron chi connectivity index (χ2n) is 7.99. The lowest BCUT2D eigenvalue weighted by Gasteiger charge is -2.43. The van der Waals surface area contributed by atoms with Crippen molar-refractivity contribution in [2.75, 3.05) is 0 Å². The molecular formula is C20H34. The fourth-order valence-corrected chi connectivity index (χ4v) is 5.07. The predicted octanol–water partition coefficient (Wildman–Crippen LogP) is 6.39. The monoisotopic (exact) mass is 274 g/mol. The first-order chi connectivity index (χ1) is 9.49. The molecule has 1 saturated carbocycles. The molecule has 0 bridgehead atoms. The summed E-state index contributed by atoms with van der Waals surface area (Å²) in [4.78, 5) is 0. The molecule has 0 heteroatoms. The first kappa shape index (κ1) is 15.9. The van der Waals surface area contributed by atoms with Gasteiger partial charge < -0.3 is 0 Å². The Labute approximate surface area is 126 Å². The topological polar surface area (TPSA) is 0 Å². The van der Waals surface area contributed by atoms with E-state index in [1.54, 1.807) is 5.57 Å². The Morgan fingerprint density at radius 2 is 2.05 bits per heavy atom. The lowest BCUT2D eigenvalue weighted by Crippen LogP contribution is -2.34. The molecule has 0 amide bonds. The first-order valence-corrected chi connectivity index (χ1v) is 8.81. The molecule has 0 nitrogen and oxygen atoms in total. The molecule has 2 aliphatic rings. The summed E-state index contributed by atoms with van der Waals surface area (Å²) in [6.45, 7) is 13.8. The van der Waals surface area contributed by atoms with Gasteiger partial charge in [-0.2, -0.15) is 0 Å². The molecule has 1 fully saturated rings. The van der Waals surface area contributed by atoms with Crippen LogP contribution in [0.2, 0.25) is 0 Å². The van der Waals surface area contributed by atoms with Gasteiger partial charge in [-0.1, -0.05) is 65.7 Å². The average Bonchev–Trinajstić information content (AvgIpc) is 2.75. The third-order valence-electron chi connectivity index (χ3n) is 6.24. The summed E-state index contributed by atoms with van der Waals surface area (Å²) in [6.07, 6.45) is 14.3. The predicted molar refractivity (Wildman–Crippen MR) is 89.7 cm³/mol. The zero-order chi connectivity index (χ0) is 14.8. The van der Waals surface area contributed by atoms with Crippen LogP contribution in [0.15, 0.2) is 24.3 Å². The second kappa shape index (κ2) is 6.50. The average molecular weight is 274 g/mol. The summed E-state index contributed by atoms with van der Waals surface area (Å²) in [5.74, 6) is 3.49. The van der Waals surface area contributed by atoms with Gasteiger partial charge in [-0.3, -0.25) is 0 Å². The molecule has 0 aromatic carbocycles. The van der Waals surface area contributed by atoms with Crippen LogP contribution in [-0.4, -0.2) is 0 Å². The highest BCUT2D eigenvalue weighted by Gasteiger charge is 2.49. The number of allylic oxidation sites excluding steroid dienone is 3. The molecule has 114 valence electrons. The molecule has 0 saturated heterocycles. The largest absolute Gasteiger partial charge is 0.0988 e. The third kappa shape index (κ3) is 3.05. The van der Waals surface area contributed by atoms with E-state index in [1.165, 1.54) is 44.9 Å². The van der Waals surface area contributed by atoms with Gasteiger partial charge in [0, 0.05) is 0 Å².